The maximum Gasteiger partial charge on any atom is 0.144 e. The van der Waals surface area contributed by atoms with Crippen LogP contribution in [0.3, 0.4) is 0 Å². The van der Waals surface area contributed by atoms with E-state index in [0.29, 0.717) is 12.4 Å². The standard InChI is InChI=1S/C15H19ClN4/c1-10-7-14(17)19-15(18-10)9-20(3)11(2)12-5-4-6-13(16)8-12/h4-8,11H,9H2,1-3H3,(H2,17,18,19). The zero-order valence-corrected chi connectivity index (χ0v) is 12.7. The van der Waals surface area contributed by atoms with Crippen LogP contribution in [0.15, 0.2) is 30.3 Å². The van der Waals surface area contributed by atoms with Crippen molar-refractivity contribution in [1.82, 2.24) is 14.9 Å². The fourth-order valence-corrected chi connectivity index (χ4v) is 2.31. The van der Waals surface area contributed by atoms with Crippen LogP contribution in [0.2, 0.25) is 5.02 Å². The number of nitrogen functional groups attached to an aromatic ring is 1. The van der Waals surface area contributed by atoms with Crippen LogP contribution in [0.1, 0.15) is 30.0 Å². The highest BCUT2D eigenvalue weighted by Gasteiger charge is 2.14. The van der Waals surface area contributed by atoms with E-state index in [1.165, 1.54) is 5.56 Å². The van der Waals surface area contributed by atoms with Crippen molar-refractivity contribution in [2.75, 3.05) is 12.8 Å². The number of nitrogens with two attached hydrogens (primary N) is 1. The fourth-order valence-electron chi connectivity index (χ4n) is 2.11. The topological polar surface area (TPSA) is 55.0 Å². The van der Waals surface area contributed by atoms with Gasteiger partial charge in [-0.05, 0) is 38.6 Å². The highest BCUT2D eigenvalue weighted by Crippen LogP contribution is 2.22. The molecule has 0 radical (unpaired) electrons. The van der Waals surface area contributed by atoms with Crippen molar-refractivity contribution in [1.29, 1.82) is 0 Å². The number of anilines is 1. The van der Waals surface area contributed by atoms with Gasteiger partial charge in [0.05, 0.1) is 6.54 Å². The summed E-state index contributed by atoms with van der Waals surface area (Å²) in [5.41, 5.74) is 7.81. The number of halogens is 1. The van der Waals surface area contributed by atoms with Gasteiger partial charge in [0.25, 0.3) is 0 Å². The second kappa shape index (κ2) is 6.20. The lowest BCUT2D eigenvalue weighted by atomic mass is 10.1. The molecule has 0 aliphatic heterocycles. The van der Waals surface area contributed by atoms with E-state index in [1.54, 1.807) is 6.07 Å². The molecular formula is C15H19ClN4. The predicted molar refractivity (Wildman–Crippen MR) is 82.5 cm³/mol. The van der Waals surface area contributed by atoms with Crippen molar-refractivity contribution >= 4 is 17.4 Å². The van der Waals surface area contributed by atoms with Crippen LogP contribution in [0, 0.1) is 6.92 Å². The van der Waals surface area contributed by atoms with E-state index in [1.807, 2.05) is 32.2 Å². The summed E-state index contributed by atoms with van der Waals surface area (Å²) >= 11 is 6.04. The van der Waals surface area contributed by atoms with E-state index < -0.39 is 0 Å². The number of benzene rings is 1. The SMILES string of the molecule is Cc1cc(N)nc(CN(C)C(C)c2cccc(Cl)c2)n1. The Hall–Kier alpha value is -1.65. The minimum atomic E-state index is 0.221. The summed E-state index contributed by atoms with van der Waals surface area (Å²) in [4.78, 5) is 10.8. The average Bonchev–Trinajstić information content (AvgIpc) is 2.36. The first kappa shape index (κ1) is 14.8. The minimum Gasteiger partial charge on any atom is -0.384 e. The van der Waals surface area contributed by atoms with Gasteiger partial charge >= 0.3 is 0 Å². The second-order valence-electron chi connectivity index (χ2n) is 5.00. The van der Waals surface area contributed by atoms with Gasteiger partial charge in [0, 0.05) is 22.8 Å². The van der Waals surface area contributed by atoms with Crippen LogP contribution in [0.5, 0.6) is 0 Å². The van der Waals surface area contributed by atoms with Crippen LogP contribution in [-0.4, -0.2) is 21.9 Å². The number of rotatable bonds is 4. The molecule has 0 saturated carbocycles. The highest BCUT2D eigenvalue weighted by molar-refractivity contribution is 6.30. The molecule has 1 heterocycles. The number of hydrogen-bond acceptors (Lipinski definition) is 4. The Morgan fingerprint density at radius 3 is 2.70 bits per heavy atom. The molecule has 4 nitrogen and oxygen atoms in total. The highest BCUT2D eigenvalue weighted by atomic mass is 35.5. The van der Waals surface area contributed by atoms with Gasteiger partial charge in [-0.2, -0.15) is 0 Å². The summed E-state index contributed by atoms with van der Waals surface area (Å²) in [7, 11) is 2.04. The van der Waals surface area contributed by atoms with Gasteiger partial charge in [-0.25, -0.2) is 9.97 Å². The number of aromatic nitrogens is 2. The van der Waals surface area contributed by atoms with Crippen molar-refractivity contribution in [3.8, 4) is 0 Å². The molecule has 2 N–H and O–H groups in total. The van der Waals surface area contributed by atoms with E-state index in [0.717, 1.165) is 16.5 Å². The predicted octanol–water partition coefficient (Wildman–Crippen LogP) is 3.21. The molecule has 1 unspecified atom stereocenters. The molecule has 1 aromatic carbocycles. The Labute approximate surface area is 124 Å². The van der Waals surface area contributed by atoms with Gasteiger partial charge in [-0.1, -0.05) is 23.7 Å². The number of hydrogen-bond donors (Lipinski definition) is 1. The van der Waals surface area contributed by atoms with E-state index in [-0.39, 0.29) is 6.04 Å². The molecule has 0 amide bonds. The molecule has 1 atom stereocenters. The Bertz CT molecular complexity index is 580. The van der Waals surface area contributed by atoms with Crippen LogP contribution in [0.25, 0.3) is 0 Å². The van der Waals surface area contributed by atoms with Gasteiger partial charge in [0.2, 0.25) is 0 Å². The van der Waals surface area contributed by atoms with E-state index in [4.69, 9.17) is 17.3 Å². The van der Waals surface area contributed by atoms with Gasteiger partial charge in [-0.3, -0.25) is 4.90 Å². The van der Waals surface area contributed by atoms with Gasteiger partial charge in [0.15, 0.2) is 0 Å². The Morgan fingerprint density at radius 2 is 2.05 bits per heavy atom. The molecule has 2 aromatic rings. The molecule has 0 aliphatic carbocycles. The lowest BCUT2D eigenvalue weighted by molar-refractivity contribution is 0.247. The largest absolute Gasteiger partial charge is 0.384 e. The number of aryl methyl sites for hydroxylation is 1. The molecule has 0 aliphatic rings. The lowest BCUT2D eigenvalue weighted by Crippen LogP contribution is -2.23. The maximum atomic E-state index is 6.04. The summed E-state index contributed by atoms with van der Waals surface area (Å²) < 4.78 is 0. The molecule has 106 valence electrons. The summed E-state index contributed by atoms with van der Waals surface area (Å²) in [6.45, 7) is 4.69. The third-order valence-electron chi connectivity index (χ3n) is 3.30. The van der Waals surface area contributed by atoms with Crippen LogP contribution in [-0.2, 0) is 6.54 Å². The van der Waals surface area contributed by atoms with Crippen molar-refractivity contribution in [2.45, 2.75) is 26.4 Å². The van der Waals surface area contributed by atoms with E-state index in [9.17, 15) is 0 Å². The Morgan fingerprint density at radius 1 is 1.30 bits per heavy atom. The summed E-state index contributed by atoms with van der Waals surface area (Å²) in [6, 6.07) is 9.88. The van der Waals surface area contributed by atoms with E-state index >= 15 is 0 Å². The quantitative estimate of drug-likeness (QED) is 0.939. The van der Waals surface area contributed by atoms with Crippen LogP contribution >= 0.6 is 11.6 Å². The normalized spacial score (nSPS) is 12.7. The minimum absolute atomic E-state index is 0.221. The summed E-state index contributed by atoms with van der Waals surface area (Å²) in [6.07, 6.45) is 0. The van der Waals surface area contributed by atoms with Crippen molar-refractivity contribution in [2.24, 2.45) is 0 Å². The summed E-state index contributed by atoms with van der Waals surface area (Å²) in [5, 5.41) is 0.749. The molecule has 0 fully saturated rings. The van der Waals surface area contributed by atoms with Crippen LogP contribution < -0.4 is 5.73 Å². The average molecular weight is 291 g/mol. The fraction of sp³-hybridized carbons (Fsp3) is 0.333. The number of nitrogens with zero attached hydrogens (tertiary/aromatic N) is 3. The van der Waals surface area contributed by atoms with Gasteiger partial charge in [0.1, 0.15) is 11.6 Å². The second-order valence-corrected chi connectivity index (χ2v) is 5.43. The van der Waals surface area contributed by atoms with Gasteiger partial charge in [-0.15, -0.1) is 0 Å². The smallest absolute Gasteiger partial charge is 0.144 e. The Balaban J connectivity index is 2.13. The molecular weight excluding hydrogens is 272 g/mol. The lowest BCUT2D eigenvalue weighted by Gasteiger charge is -2.24. The van der Waals surface area contributed by atoms with E-state index in [2.05, 4.69) is 27.9 Å². The molecule has 20 heavy (non-hydrogen) atoms. The first-order valence-corrected chi connectivity index (χ1v) is 6.89. The first-order chi connectivity index (χ1) is 9.45. The monoisotopic (exact) mass is 290 g/mol. The third-order valence-corrected chi connectivity index (χ3v) is 3.54. The van der Waals surface area contributed by atoms with Crippen molar-refractivity contribution < 1.29 is 0 Å². The maximum absolute atomic E-state index is 6.04. The first-order valence-electron chi connectivity index (χ1n) is 6.51. The van der Waals surface area contributed by atoms with Gasteiger partial charge < -0.3 is 5.73 Å². The molecule has 2 rings (SSSR count). The molecule has 0 spiro atoms. The third kappa shape index (κ3) is 3.68. The zero-order valence-electron chi connectivity index (χ0n) is 12.0. The van der Waals surface area contributed by atoms with Crippen LogP contribution in [0.4, 0.5) is 5.82 Å². The zero-order chi connectivity index (χ0) is 14.7. The summed E-state index contributed by atoms with van der Waals surface area (Å²) in [5.74, 6) is 1.25. The van der Waals surface area contributed by atoms with Crippen molar-refractivity contribution in [3.63, 3.8) is 0 Å². The molecule has 0 bridgehead atoms. The Kier molecular flexibility index (Phi) is 4.57. The molecule has 5 heteroatoms. The molecule has 0 saturated heterocycles. The van der Waals surface area contributed by atoms with Crippen molar-refractivity contribution in [3.05, 3.63) is 52.4 Å². The molecule has 1 aromatic heterocycles.